The van der Waals surface area contributed by atoms with Crippen LogP contribution >= 0.6 is 11.3 Å². The highest BCUT2D eigenvalue weighted by Gasteiger charge is 2.09. The number of anilines is 1. The lowest BCUT2D eigenvalue weighted by Crippen LogP contribution is -2.14. The molecule has 0 spiro atoms. The lowest BCUT2D eigenvalue weighted by Gasteiger charge is -2.04. The fourth-order valence-corrected chi connectivity index (χ4v) is 3.01. The Balaban J connectivity index is 1.66. The van der Waals surface area contributed by atoms with E-state index in [2.05, 4.69) is 10.3 Å². The maximum Gasteiger partial charge on any atom is 0.231 e. The lowest BCUT2D eigenvalue weighted by atomic mass is 10.2. The SMILES string of the molecule is Cc1cccc(NC(=O)Cc2nc(-c3ccc(F)cc3)cs2)c1. The Morgan fingerprint density at radius 1 is 1.22 bits per heavy atom. The molecule has 0 bridgehead atoms. The number of hydrogen-bond acceptors (Lipinski definition) is 3. The van der Waals surface area contributed by atoms with Crippen molar-refractivity contribution in [2.24, 2.45) is 0 Å². The van der Waals surface area contributed by atoms with Crippen LogP contribution in [0.3, 0.4) is 0 Å². The number of carbonyl (C=O) groups is 1. The van der Waals surface area contributed by atoms with Crippen molar-refractivity contribution in [1.29, 1.82) is 0 Å². The fourth-order valence-electron chi connectivity index (χ4n) is 2.21. The van der Waals surface area contributed by atoms with E-state index in [0.717, 1.165) is 27.5 Å². The molecule has 5 heteroatoms. The molecule has 3 aromatic rings. The molecule has 116 valence electrons. The molecule has 1 aromatic heterocycles. The standard InChI is InChI=1S/C18H15FN2OS/c1-12-3-2-4-15(9-12)20-17(22)10-18-21-16(11-23-18)13-5-7-14(19)8-6-13/h2-9,11H,10H2,1H3,(H,20,22). The minimum atomic E-state index is -0.276. The normalized spacial score (nSPS) is 10.5. The number of aromatic nitrogens is 1. The van der Waals surface area contributed by atoms with Crippen LogP contribution in [0.2, 0.25) is 0 Å². The topological polar surface area (TPSA) is 42.0 Å². The predicted molar refractivity (Wildman–Crippen MR) is 91.0 cm³/mol. The number of thiazole rings is 1. The zero-order valence-corrected chi connectivity index (χ0v) is 13.4. The van der Waals surface area contributed by atoms with Gasteiger partial charge in [-0.25, -0.2) is 9.37 Å². The van der Waals surface area contributed by atoms with Crippen LogP contribution in [0.25, 0.3) is 11.3 Å². The van der Waals surface area contributed by atoms with Gasteiger partial charge in [-0.2, -0.15) is 0 Å². The summed E-state index contributed by atoms with van der Waals surface area (Å²) in [6.07, 6.45) is 0.222. The molecule has 0 fully saturated rings. The molecule has 0 atom stereocenters. The molecule has 3 nitrogen and oxygen atoms in total. The van der Waals surface area contributed by atoms with E-state index in [9.17, 15) is 9.18 Å². The van der Waals surface area contributed by atoms with Gasteiger partial charge in [0.05, 0.1) is 12.1 Å². The average molecular weight is 326 g/mol. The smallest absolute Gasteiger partial charge is 0.231 e. The first-order valence-electron chi connectivity index (χ1n) is 7.17. The highest BCUT2D eigenvalue weighted by molar-refractivity contribution is 7.10. The van der Waals surface area contributed by atoms with E-state index in [0.29, 0.717) is 0 Å². The van der Waals surface area contributed by atoms with Crippen LogP contribution in [0.1, 0.15) is 10.6 Å². The lowest BCUT2D eigenvalue weighted by molar-refractivity contribution is -0.115. The van der Waals surface area contributed by atoms with Crippen LogP contribution in [0, 0.1) is 12.7 Å². The second-order valence-corrected chi connectivity index (χ2v) is 6.17. The van der Waals surface area contributed by atoms with E-state index < -0.39 is 0 Å². The molecule has 2 aromatic carbocycles. The quantitative estimate of drug-likeness (QED) is 0.770. The summed E-state index contributed by atoms with van der Waals surface area (Å²) in [5, 5.41) is 5.47. The third kappa shape index (κ3) is 4.02. The average Bonchev–Trinajstić information content (AvgIpc) is 2.96. The number of rotatable bonds is 4. The van der Waals surface area contributed by atoms with E-state index >= 15 is 0 Å². The molecular weight excluding hydrogens is 311 g/mol. The number of halogens is 1. The summed E-state index contributed by atoms with van der Waals surface area (Å²) >= 11 is 1.42. The van der Waals surface area contributed by atoms with Gasteiger partial charge in [-0.1, -0.05) is 12.1 Å². The third-order valence-electron chi connectivity index (χ3n) is 3.31. The summed E-state index contributed by atoms with van der Waals surface area (Å²) in [4.78, 5) is 16.5. The molecular formula is C18H15FN2OS. The summed E-state index contributed by atoms with van der Waals surface area (Å²) < 4.78 is 12.9. The van der Waals surface area contributed by atoms with Crippen molar-refractivity contribution in [1.82, 2.24) is 4.98 Å². The first-order valence-corrected chi connectivity index (χ1v) is 8.05. The summed E-state index contributed by atoms with van der Waals surface area (Å²) in [6.45, 7) is 1.98. The van der Waals surface area contributed by atoms with Gasteiger partial charge in [0.1, 0.15) is 10.8 Å². The Bertz CT molecular complexity index is 827. The van der Waals surface area contributed by atoms with Crippen molar-refractivity contribution in [3.05, 3.63) is 70.3 Å². The van der Waals surface area contributed by atoms with Crippen molar-refractivity contribution in [2.75, 3.05) is 5.32 Å². The van der Waals surface area contributed by atoms with Crippen LogP contribution in [0.4, 0.5) is 10.1 Å². The molecule has 0 aliphatic heterocycles. The van der Waals surface area contributed by atoms with Gasteiger partial charge >= 0.3 is 0 Å². The van der Waals surface area contributed by atoms with Crippen molar-refractivity contribution >= 4 is 22.9 Å². The van der Waals surface area contributed by atoms with Crippen molar-refractivity contribution in [2.45, 2.75) is 13.3 Å². The summed E-state index contributed by atoms with van der Waals surface area (Å²) in [5.74, 6) is -0.377. The van der Waals surface area contributed by atoms with Gasteiger partial charge in [0, 0.05) is 16.6 Å². The van der Waals surface area contributed by atoms with Crippen LogP contribution < -0.4 is 5.32 Å². The number of nitrogens with one attached hydrogen (secondary N) is 1. The van der Waals surface area contributed by atoms with E-state index in [1.165, 1.54) is 23.5 Å². The van der Waals surface area contributed by atoms with Gasteiger partial charge in [-0.15, -0.1) is 11.3 Å². The molecule has 1 N–H and O–H groups in total. The molecule has 1 heterocycles. The third-order valence-corrected chi connectivity index (χ3v) is 4.15. The van der Waals surface area contributed by atoms with Gasteiger partial charge in [-0.3, -0.25) is 4.79 Å². The predicted octanol–water partition coefficient (Wildman–Crippen LogP) is 4.44. The summed E-state index contributed by atoms with van der Waals surface area (Å²) in [5.41, 5.74) is 3.47. The molecule has 0 aliphatic carbocycles. The molecule has 0 unspecified atom stereocenters. The highest BCUT2D eigenvalue weighted by Crippen LogP contribution is 2.22. The van der Waals surface area contributed by atoms with E-state index in [-0.39, 0.29) is 18.1 Å². The molecule has 0 aliphatic rings. The molecule has 0 saturated heterocycles. The number of benzene rings is 2. The van der Waals surface area contributed by atoms with Crippen LogP contribution in [-0.2, 0) is 11.2 Å². The van der Waals surface area contributed by atoms with Crippen LogP contribution in [-0.4, -0.2) is 10.9 Å². The first kappa shape index (κ1) is 15.4. The second kappa shape index (κ2) is 6.71. The maximum atomic E-state index is 12.9. The van der Waals surface area contributed by atoms with E-state index in [1.807, 2.05) is 36.6 Å². The van der Waals surface area contributed by atoms with Crippen LogP contribution in [0.5, 0.6) is 0 Å². The first-order chi connectivity index (χ1) is 11.1. The Morgan fingerprint density at radius 2 is 2.00 bits per heavy atom. The van der Waals surface area contributed by atoms with Crippen molar-refractivity contribution in [3.8, 4) is 11.3 Å². The Labute approximate surface area is 137 Å². The zero-order chi connectivity index (χ0) is 16.2. The van der Waals surface area contributed by atoms with Gasteiger partial charge in [-0.05, 0) is 48.9 Å². The fraction of sp³-hybridized carbons (Fsp3) is 0.111. The largest absolute Gasteiger partial charge is 0.326 e. The van der Waals surface area contributed by atoms with Crippen molar-refractivity contribution in [3.63, 3.8) is 0 Å². The van der Waals surface area contributed by atoms with Gasteiger partial charge in [0.2, 0.25) is 5.91 Å². The Hall–Kier alpha value is -2.53. The van der Waals surface area contributed by atoms with Gasteiger partial charge in [0.25, 0.3) is 0 Å². The van der Waals surface area contributed by atoms with E-state index in [1.54, 1.807) is 12.1 Å². The minimum absolute atomic E-state index is 0.101. The highest BCUT2D eigenvalue weighted by atomic mass is 32.1. The van der Waals surface area contributed by atoms with Crippen molar-refractivity contribution < 1.29 is 9.18 Å². The Morgan fingerprint density at radius 3 is 2.74 bits per heavy atom. The number of amides is 1. The molecule has 0 saturated carbocycles. The number of hydrogen-bond donors (Lipinski definition) is 1. The Kier molecular flexibility index (Phi) is 4.48. The number of carbonyl (C=O) groups excluding carboxylic acids is 1. The van der Waals surface area contributed by atoms with Gasteiger partial charge < -0.3 is 5.32 Å². The van der Waals surface area contributed by atoms with E-state index in [4.69, 9.17) is 0 Å². The number of aryl methyl sites for hydroxylation is 1. The van der Waals surface area contributed by atoms with Gasteiger partial charge in [0.15, 0.2) is 0 Å². The zero-order valence-electron chi connectivity index (χ0n) is 12.5. The van der Waals surface area contributed by atoms with Crippen LogP contribution in [0.15, 0.2) is 53.9 Å². The number of nitrogens with zero attached hydrogens (tertiary/aromatic N) is 1. The molecule has 23 heavy (non-hydrogen) atoms. The molecule has 3 rings (SSSR count). The molecule has 0 radical (unpaired) electrons. The summed E-state index contributed by atoms with van der Waals surface area (Å²) in [7, 11) is 0. The monoisotopic (exact) mass is 326 g/mol. The maximum absolute atomic E-state index is 12.9. The minimum Gasteiger partial charge on any atom is -0.326 e. The molecule has 1 amide bonds. The summed E-state index contributed by atoms with van der Waals surface area (Å²) in [6, 6.07) is 13.8. The second-order valence-electron chi connectivity index (χ2n) is 5.23.